The Morgan fingerprint density at radius 2 is 1.91 bits per heavy atom. The Balaban J connectivity index is 1.56. The van der Waals surface area contributed by atoms with Crippen LogP contribution in [-0.4, -0.2) is 22.4 Å². The molecule has 0 saturated heterocycles. The normalized spacial score (nSPS) is 14.2. The van der Waals surface area contributed by atoms with E-state index < -0.39 is 0 Å². The highest BCUT2D eigenvalue weighted by Gasteiger charge is 2.18. The van der Waals surface area contributed by atoms with Gasteiger partial charge >= 0.3 is 0 Å². The molecule has 0 unspecified atom stereocenters. The predicted molar refractivity (Wildman–Crippen MR) is 86.0 cm³/mol. The first-order valence-corrected chi connectivity index (χ1v) is 7.63. The van der Waals surface area contributed by atoms with Crippen molar-refractivity contribution < 1.29 is 4.79 Å². The van der Waals surface area contributed by atoms with Crippen molar-refractivity contribution in [2.45, 2.75) is 19.3 Å². The minimum atomic E-state index is 0.108. The van der Waals surface area contributed by atoms with Gasteiger partial charge in [-0.15, -0.1) is 0 Å². The van der Waals surface area contributed by atoms with Crippen LogP contribution in [0, 0.1) is 5.92 Å². The van der Waals surface area contributed by atoms with Gasteiger partial charge in [0.05, 0.1) is 5.69 Å². The first-order valence-electron chi connectivity index (χ1n) is 7.63. The third-order valence-electron chi connectivity index (χ3n) is 3.80. The van der Waals surface area contributed by atoms with E-state index in [-0.39, 0.29) is 11.8 Å². The van der Waals surface area contributed by atoms with Gasteiger partial charge in [-0.1, -0.05) is 42.5 Å². The van der Waals surface area contributed by atoms with Crippen LogP contribution in [0.2, 0.25) is 0 Å². The maximum Gasteiger partial charge on any atom is 0.223 e. The molecule has 1 aromatic carbocycles. The van der Waals surface area contributed by atoms with E-state index in [4.69, 9.17) is 0 Å². The molecule has 1 N–H and O–H groups in total. The van der Waals surface area contributed by atoms with Crippen molar-refractivity contribution in [3.63, 3.8) is 0 Å². The molecule has 1 aliphatic carbocycles. The lowest BCUT2D eigenvalue weighted by molar-refractivity contribution is -0.124. The quantitative estimate of drug-likeness (QED) is 0.862. The molecule has 0 fully saturated rings. The monoisotopic (exact) mass is 293 g/mol. The highest BCUT2D eigenvalue weighted by Crippen LogP contribution is 2.17. The van der Waals surface area contributed by atoms with E-state index in [0.717, 1.165) is 29.9 Å². The molecule has 0 saturated carbocycles. The summed E-state index contributed by atoms with van der Waals surface area (Å²) < 4.78 is 0. The van der Waals surface area contributed by atoms with Crippen LogP contribution in [0.3, 0.4) is 0 Å². The molecule has 1 aromatic heterocycles. The first-order chi connectivity index (χ1) is 10.8. The number of rotatable bonds is 5. The fourth-order valence-electron chi connectivity index (χ4n) is 2.56. The molecule has 1 amide bonds. The smallest absolute Gasteiger partial charge is 0.223 e. The molecule has 0 spiro atoms. The van der Waals surface area contributed by atoms with Crippen LogP contribution >= 0.6 is 0 Å². The second-order valence-electron chi connectivity index (χ2n) is 5.40. The molecule has 4 heteroatoms. The van der Waals surface area contributed by atoms with E-state index >= 15 is 0 Å². The Labute approximate surface area is 130 Å². The number of benzene rings is 1. The average molecular weight is 293 g/mol. The van der Waals surface area contributed by atoms with Gasteiger partial charge in [-0.2, -0.15) is 0 Å². The number of hydrogen-bond donors (Lipinski definition) is 1. The zero-order chi connectivity index (χ0) is 15.2. The largest absolute Gasteiger partial charge is 0.355 e. The van der Waals surface area contributed by atoms with Crippen LogP contribution in [0.15, 0.2) is 54.7 Å². The lowest BCUT2D eigenvalue weighted by Gasteiger charge is -2.10. The number of nitrogens with zero attached hydrogens (tertiary/aromatic N) is 2. The number of aromatic nitrogens is 2. The third-order valence-corrected chi connectivity index (χ3v) is 3.80. The molecule has 1 heterocycles. The van der Waals surface area contributed by atoms with E-state index in [9.17, 15) is 4.79 Å². The topological polar surface area (TPSA) is 54.9 Å². The summed E-state index contributed by atoms with van der Waals surface area (Å²) in [6.45, 7) is 0.577. The molecule has 4 nitrogen and oxygen atoms in total. The van der Waals surface area contributed by atoms with Gasteiger partial charge in [0, 0.05) is 30.6 Å². The van der Waals surface area contributed by atoms with E-state index in [1.165, 1.54) is 0 Å². The number of amides is 1. The number of nitrogens with one attached hydrogen (secondary N) is 1. The molecule has 0 radical (unpaired) electrons. The zero-order valence-corrected chi connectivity index (χ0v) is 12.4. The Morgan fingerprint density at radius 3 is 2.68 bits per heavy atom. The maximum absolute atomic E-state index is 11.9. The molecule has 3 rings (SSSR count). The van der Waals surface area contributed by atoms with E-state index in [0.29, 0.717) is 13.0 Å². The summed E-state index contributed by atoms with van der Waals surface area (Å²) in [5.41, 5.74) is 1.99. The van der Waals surface area contributed by atoms with Crippen LogP contribution in [0.4, 0.5) is 0 Å². The number of carbonyl (C=O) groups is 1. The summed E-state index contributed by atoms with van der Waals surface area (Å²) in [6.07, 6.45) is 8.25. The fraction of sp³-hybridized carbons (Fsp3) is 0.278. The van der Waals surface area contributed by atoms with Crippen molar-refractivity contribution in [3.05, 3.63) is 60.6 Å². The Kier molecular flexibility index (Phi) is 4.59. The van der Waals surface area contributed by atoms with E-state index in [1.54, 1.807) is 6.20 Å². The molecule has 0 bridgehead atoms. The van der Waals surface area contributed by atoms with Gasteiger partial charge in [0.15, 0.2) is 0 Å². The van der Waals surface area contributed by atoms with Crippen molar-refractivity contribution in [1.82, 2.24) is 15.3 Å². The first kappa shape index (κ1) is 14.4. The standard InChI is InChI=1S/C18H19N3O/c22-18(15-8-4-5-9-15)20-13-11-17-19-12-10-16(21-17)14-6-2-1-3-7-14/h1-7,10,12,15H,8-9,11,13H2,(H,20,22). The van der Waals surface area contributed by atoms with E-state index in [2.05, 4.69) is 27.4 Å². The SMILES string of the molecule is O=C(NCCc1nccc(-c2ccccc2)n1)C1CC=CC1. The predicted octanol–water partition coefficient (Wildman–Crippen LogP) is 2.77. The van der Waals surface area contributed by atoms with Crippen molar-refractivity contribution in [1.29, 1.82) is 0 Å². The number of allylic oxidation sites excluding steroid dienone is 2. The highest BCUT2D eigenvalue weighted by atomic mass is 16.1. The number of hydrogen-bond acceptors (Lipinski definition) is 3. The molecule has 0 atom stereocenters. The number of carbonyl (C=O) groups excluding carboxylic acids is 1. The lowest BCUT2D eigenvalue weighted by atomic mass is 10.1. The summed E-state index contributed by atoms with van der Waals surface area (Å²) >= 11 is 0. The van der Waals surface area contributed by atoms with Crippen molar-refractivity contribution in [3.8, 4) is 11.3 Å². The molecule has 22 heavy (non-hydrogen) atoms. The van der Waals surface area contributed by atoms with Gasteiger partial charge < -0.3 is 5.32 Å². The summed E-state index contributed by atoms with van der Waals surface area (Å²) in [4.78, 5) is 20.8. The summed E-state index contributed by atoms with van der Waals surface area (Å²) in [6, 6.07) is 11.9. The van der Waals surface area contributed by atoms with Gasteiger partial charge in [0.1, 0.15) is 5.82 Å². The fourth-order valence-corrected chi connectivity index (χ4v) is 2.56. The van der Waals surface area contributed by atoms with Crippen LogP contribution in [-0.2, 0) is 11.2 Å². The van der Waals surface area contributed by atoms with E-state index in [1.807, 2.05) is 36.4 Å². The van der Waals surface area contributed by atoms with Crippen LogP contribution < -0.4 is 5.32 Å². The van der Waals surface area contributed by atoms with Gasteiger partial charge in [0.2, 0.25) is 5.91 Å². The Morgan fingerprint density at radius 1 is 1.14 bits per heavy atom. The van der Waals surface area contributed by atoms with Gasteiger partial charge in [-0.3, -0.25) is 4.79 Å². The molecule has 0 aliphatic heterocycles. The maximum atomic E-state index is 11.9. The van der Waals surface area contributed by atoms with Gasteiger partial charge in [0.25, 0.3) is 0 Å². The highest BCUT2D eigenvalue weighted by molar-refractivity contribution is 5.79. The van der Waals surface area contributed by atoms with Crippen molar-refractivity contribution >= 4 is 5.91 Å². The Hall–Kier alpha value is -2.49. The molecular weight excluding hydrogens is 274 g/mol. The summed E-state index contributed by atoms with van der Waals surface area (Å²) in [7, 11) is 0. The van der Waals surface area contributed by atoms with Crippen LogP contribution in [0.1, 0.15) is 18.7 Å². The second-order valence-corrected chi connectivity index (χ2v) is 5.40. The summed E-state index contributed by atoms with van der Waals surface area (Å²) in [5.74, 6) is 0.993. The molecule has 2 aromatic rings. The lowest BCUT2D eigenvalue weighted by Crippen LogP contribution is -2.31. The van der Waals surface area contributed by atoms with Crippen molar-refractivity contribution in [2.75, 3.05) is 6.54 Å². The molecule has 112 valence electrons. The van der Waals surface area contributed by atoms with Crippen LogP contribution in [0.5, 0.6) is 0 Å². The zero-order valence-electron chi connectivity index (χ0n) is 12.4. The van der Waals surface area contributed by atoms with Gasteiger partial charge in [-0.05, 0) is 18.9 Å². The Bertz CT molecular complexity index is 659. The minimum absolute atomic E-state index is 0.108. The second kappa shape index (κ2) is 6.98. The minimum Gasteiger partial charge on any atom is -0.355 e. The molecule has 1 aliphatic rings. The average Bonchev–Trinajstić information content (AvgIpc) is 3.10. The van der Waals surface area contributed by atoms with Gasteiger partial charge in [-0.25, -0.2) is 9.97 Å². The van der Waals surface area contributed by atoms with Crippen LogP contribution in [0.25, 0.3) is 11.3 Å². The molecular formula is C18H19N3O. The third kappa shape index (κ3) is 3.58. The summed E-state index contributed by atoms with van der Waals surface area (Å²) in [5, 5.41) is 2.97. The van der Waals surface area contributed by atoms with Crippen molar-refractivity contribution in [2.24, 2.45) is 5.92 Å².